The number of aliphatic hydroxyl groups excluding tert-OH is 1. The molecule has 0 aliphatic rings. The van der Waals surface area contributed by atoms with Crippen LogP contribution >= 0.6 is 0 Å². The third-order valence-corrected chi connectivity index (χ3v) is 3.46. The lowest BCUT2D eigenvalue weighted by Crippen LogP contribution is -2.24. The van der Waals surface area contributed by atoms with Crippen molar-refractivity contribution in [3.63, 3.8) is 0 Å². The number of ether oxygens (including phenoxy) is 1. The monoisotopic (exact) mass is 283 g/mol. The summed E-state index contributed by atoms with van der Waals surface area (Å²) in [6, 6.07) is 4.92. The Bertz CT molecular complexity index is 449. The number of nitrogens with zero attached hydrogens (tertiary/aromatic N) is 1. The molecule has 6 nitrogen and oxygen atoms in total. The fourth-order valence-electron chi connectivity index (χ4n) is 2.46. The standard InChI is InChI=1S/C14H21NO5/c1-3-5-10(9-16)12(8-15(18)19)11-6-4-7-13(20-2)14(11)17/h4,6-7,10,12,16-17H,3,5,8-9H2,1-2H3/t10-,12-/m1/s1. The summed E-state index contributed by atoms with van der Waals surface area (Å²) in [7, 11) is 1.43. The second-order valence-corrected chi connectivity index (χ2v) is 4.75. The largest absolute Gasteiger partial charge is 0.504 e. The van der Waals surface area contributed by atoms with E-state index in [1.807, 2.05) is 6.92 Å². The van der Waals surface area contributed by atoms with Crippen LogP contribution in [0.4, 0.5) is 0 Å². The molecule has 0 bridgehead atoms. The van der Waals surface area contributed by atoms with E-state index in [2.05, 4.69) is 0 Å². The quantitative estimate of drug-likeness (QED) is 0.563. The van der Waals surface area contributed by atoms with E-state index >= 15 is 0 Å². The van der Waals surface area contributed by atoms with E-state index in [-0.39, 0.29) is 30.6 Å². The van der Waals surface area contributed by atoms with Crippen LogP contribution in [0, 0.1) is 16.0 Å². The number of methoxy groups -OCH3 is 1. The van der Waals surface area contributed by atoms with Gasteiger partial charge < -0.3 is 14.9 Å². The highest BCUT2D eigenvalue weighted by Crippen LogP contribution is 2.38. The van der Waals surface area contributed by atoms with Gasteiger partial charge in [-0.05, 0) is 18.4 Å². The highest BCUT2D eigenvalue weighted by molar-refractivity contribution is 5.47. The molecule has 6 heteroatoms. The Kier molecular flexibility index (Phi) is 6.24. The first kappa shape index (κ1) is 16.2. The molecule has 0 unspecified atom stereocenters. The van der Waals surface area contributed by atoms with Crippen molar-refractivity contribution < 1.29 is 19.9 Å². The van der Waals surface area contributed by atoms with Crippen molar-refractivity contribution in [2.45, 2.75) is 25.7 Å². The molecular weight excluding hydrogens is 262 g/mol. The first-order chi connectivity index (χ1) is 9.54. The summed E-state index contributed by atoms with van der Waals surface area (Å²) >= 11 is 0. The maximum Gasteiger partial charge on any atom is 0.211 e. The Morgan fingerprint density at radius 1 is 1.45 bits per heavy atom. The number of phenols is 1. The third kappa shape index (κ3) is 3.84. The van der Waals surface area contributed by atoms with E-state index in [1.165, 1.54) is 7.11 Å². The molecule has 112 valence electrons. The molecule has 0 saturated carbocycles. The van der Waals surface area contributed by atoms with Crippen molar-refractivity contribution in [2.75, 3.05) is 20.3 Å². The van der Waals surface area contributed by atoms with Gasteiger partial charge in [0.25, 0.3) is 0 Å². The predicted octanol–water partition coefficient (Wildman–Crippen LogP) is 2.17. The number of rotatable bonds is 8. The Morgan fingerprint density at radius 3 is 2.65 bits per heavy atom. The summed E-state index contributed by atoms with van der Waals surface area (Å²) in [4.78, 5) is 10.5. The average Bonchev–Trinajstić information content (AvgIpc) is 2.43. The molecule has 1 aromatic carbocycles. The van der Waals surface area contributed by atoms with Crippen molar-refractivity contribution >= 4 is 0 Å². The topological polar surface area (TPSA) is 92.8 Å². The summed E-state index contributed by atoms with van der Waals surface area (Å²) in [6.07, 6.45) is 1.47. The second kappa shape index (κ2) is 7.69. The van der Waals surface area contributed by atoms with Gasteiger partial charge in [0.15, 0.2) is 11.5 Å². The number of aliphatic hydroxyl groups is 1. The summed E-state index contributed by atoms with van der Waals surface area (Å²) in [5.41, 5.74) is 0.452. The highest BCUT2D eigenvalue weighted by Gasteiger charge is 2.30. The highest BCUT2D eigenvalue weighted by atomic mass is 16.6. The van der Waals surface area contributed by atoms with Crippen LogP contribution in [-0.2, 0) is 0 Å². The van der Waals surface area contributed by atoms with Gasteiger partial charge in [-0.1, -0.05) is 25.5 Å². The minimum atomic E-state index is -0.537. The van der Waals surface area contributed by atoms with E-state index in [9.17, 15) is 20.3 Å². The number of hydrogen-bond acceptors (Lipinski definition) is 5. The smallest absolute Gasteiger partial charge is 0.211 e. The minimum absolute atomic E-state index is 0.0867. The maximum absolute atomic E-state index is 10.9. The van der Waals surface area contributed by atoms with Crippen LogP contribution in [0.2, 0.25) is 0 Å². The number of phenolic OH excluding ortho intramolecular Hbond substituents is 1. The second-order valence-electron chi connectivity index (χ2n) is 4.75. The molecule has 20 heavy (non-hydrogen) atoms. The molecule has 0 aromatic heterocycles. The number of para-hydroxylation sites is 1. The van der Waals surface area contributed by atoms with Crippen LogP contribution < -0.4 is 4.74 Å². The first-order valence-corrected chi connectivity index (χ1v) is 6.63. The van der Waals surface area contributed by atoms with E-state index in [1.54, 1.807) is 18.2 Å². The molecule has 0 saturated heterocycles. The van der Waals surface area contributed by atoms with Crippen LogP contribution in [0.15, 0.2) is 18.2 Å². The van der Waals surface area contributed by atoms with E-state index in [4.69, 9.17) is 4.74 Å². The Hall–Kier alpha value is -1.82. The van der Waals surface area contributed by atoms with Crippen molar-refractivity contribution in [3.05, 3.63) is 33.9 Å². The lowest BCUT2D eigenvalue weighted by molar-refractivity contribution is -0.485. The molecule has 1 rings (SSSR count). The van der Waals surface area contributed by atoms with Crippen LogP contribution in [-0.4, -0.2) is 35.4 Å². The van der Waals surface area contributed by atoms with Crippen molar-refractivity contribution in [1.29, 1.82) is 0 Å². The SMILES string of the molecule is CCC[C@H](CO)[C@@H](C[N+](=O)[O-])c1cccc(OC)c1O. The van der Waals surface area contributed by atoms with Gasteiger partial charge in [0.05, 0.1) is 13.0 Å². The van der Waals surface area contributed by atoms with Crippen molar-refractivity contribution in [3.8, 4) is 11.5 Å². The van der Waals surface area contributed by atoms with Gasteiger partial charge in [-0.25, -0.2) is 0 Å². The molecule has 0 radical (unpaired) electrons. The molecule has 0 heterocycles. The van der Waals surface area contributed by atoms with Gasteiger partial charge in [0, 0.05) is 17.1 Å². The third-order valence-electron chi connectivity index (χ3n) is 3.46. The molecule has 0 aliphatic heterocycles. The van der Waals surface area contributed by atoms with Crippen LogP contribution in [0.3, 0.4) is 0 Å². The Morgan fingerprint density at radius 2 is 2.15 bits per heavy atom. The summed E-state index contributed by atoms with van der Waals surface area (Å²) in [5, 5.41) is 30.5. The molecule has 2 atom stereocenters. The number of aromatic hydroxyl groups is 1. The molecule has 0 amide bonds. The van der Waals surface area contributed by atoms with Gasteiger partial charge in [-0.3, -0.25) is 10.1 Å². The fourth-order valence-corrected chi connectivity index (χ4v) is 2.46. The molecular formula is C14H21NO5. The Balaban J connectivity index is 3.18. The van der Waals surface area contributed by atoms with Gasteiger partial charge in [0.2, 0.25) is 6.54 Å². The van der Waals surface area contributed by atoms with Crippen molar-refractivity contribution in [1.82, 2.24) is 0 Å². The number of hydrogen-bond donors (Lipinski definition) is 2. The van der Waals surface area contributed by atoms with Crippen LogP contribution in [0.5, 0.6) is 11.5 Å². The molecule has 0 fully saturated rings. The van der Waals surface area contributed by atoms with Gasteiger partial charge in [-0.15, -0.1) is 0 Å². The normalized spacial score (nSPS) is 13.8. The molecule has 2 N–H and O–H groups in total. The average molecular weight is 283 g/mol. The minimum Gasteiger partial charge on any atom is -0.504 e. The van der Waals surface area contributed by atoms with Gasteiger partial charge in [-0.2, -0.15) is 0 Å². The van der Waals surface area contributed by atoms with Crippen molar-refractivity contribution in [2.24, 2.45) is 5.92 Å². The lowest BCUT2D eigenvalue weighted by atomic mass is 9.83. The number of benzene rings is 1. The zero-order valence-corrected chi connectivity index (χ0v) is 11.8. The van der Waals surface area contributed by atoms with Crippen LogP contribution in [0.25, 0.3) is 0 Å². The predicted molar refractivity (Wildman–Crippen MR) is 74.7 cm³/mol. The van der Waals surface area contributed by atoms with E-state index in [0.29, 0.717) is 12.0 Å². The van der Waals surface area contributed by atoms with E-state index < -0.39 is 10.8 Å². The van der Waals surface area contributed by atoms with E-state index in [0.717, 1.165) is 6.42 Å². The van der Waals surface area contributed by atoms with Gasteiger partial charge >= 0.3 is 0 Å². The first-order valence-electron chi connectivity index (χ1n) is 6.63. The molecule has 0 spiro atoms. The zero-order valence-electron chi connectivity index (χ0n) is 11.8. The van der Waals surface area contributed by atoms with Crippen LogP contribution in [0.1, 0.15) is 31.2 Å². The summed E-state index contributed by atoms with van der Waals surface area (Å²) in [6.45, 7) is 1.48. The summed E-state index contributed by atoms with van der Waals surface area (Å²) < 4.78 is 5.03. The molecule has 0 aliphatic carbocycles. The Labute approximate surface area is 118 Å². The molecule has 1 aromatic rings. The van der Waals surface area contributed by atoms with Gasteiger partial charge in [0.1, 0.15) is 0 Å². The summed E-state index contributed by atoms with van der Waals surface area (Å²) in [5.74, 6) is -0.603. The maximum atomic E-state index is 10.9. The zero-order chi connectivity index (χ0) is 15.1. The fraction of sp³-hybridized carbons (Fsp3) is 0.571. The lowest BCUT2D eigenvalue weighted by Gasteiger charge is -2.23. The number of nitro groups is 1.